The van der Waals surface area contributed by atoms with E-state index in [9.17, 15) is 18.0 Å². The second kappa shape index (κ2) is 7.79. The molecule has 1 heterocycles. The maximum atomic E-state index is 12.2. The number of halogens is 4. The zero-order valence-corrected chi connectivity index (χ0v) is 13.8. The standard InChI is InChI=1S/C16H14ClF3N2O3/c1-9(8-23)6-14(24)13-7-12(21-15(17)22-13)10-2-4-11(5-3-10)25-16(18,19)20/h2-5,7,9,23H,6,8H2,1H3/t9-/m0/s1. The maximum absolute atomic E-state index is 12.2. The van der Waals surface area contributed by atoms with Gasteiger partial charge >= 0.3 is 6.36 Å². The number of hydrogen-bond donors (Lipinski definition) is 1. The average Bonchev–Trinajstić information content (AvgIpc) is 2.53. The van der Waals surface area contributed by atoms with Crippen molar-refractivity contribution >= 4 is 17.4 Å². The van der Waals surface area contributed by atoms with Gasteiger partial charge in [0.05, 0.1) is 5.69 Å². The van der Waals surface area contributed by atoms with Crippen molar-refractivity contribution in [3.8, 4) is 17.0 Å². The van der Waals surface area contributed by atoms with Gasteiger partial charge in [-0.1, -0.05) is 6.92 Å². The molecule has 5 nitrogen and oxygen atoms in total. The number of carbonyl (C=O) groups excluding carboxylic acids is 1. The highest BCUT2D eigenvalue weighted by atomic mass is 35.5. The van der Waals surface area contributed by atoms with Gasteiger partial charge in [-0.3, -0.25) is 4.79 Å². The predicted molar refractivity (Wildman–Crippen MR) is 84.4 cm³/mol. The van der Waals surface area contributed by atoms with Crippen LogP contribution in [0, 0.1) is 5.92 Å². The van der Waals surface area contributed by atoms with Crippen molar-refractivity contribution in [1.82, 2.24) is 9.97 Å². The van der Waals surface area contributed by atoms with E-state index in [-0.39, 0.29) is 41.5 Å². The van der Waals surface area contributed by atoms with Crippen molar-refractivity contribution in [2.24, 2.45) is 5.92 Å². The molecule has 2 aromatic rings. The minimum absolute atomic E-state index is 0.0749. The molecule has 0 aliphatic rings. The second-order valence-corrected chi connectivity index (χ2v) is 5.73. The first kappa shape index (κ1) is 19.1. The van der Waals surface area contributed by atoms with Gasteiger partial charge in [0.15, 0.2) is 5.78 Å². The summed E-state index contributed by atoms with van der Waals surface area (Å²) in [5.41, 5.74) is 0.813. The molecule has 0 amide bonds. The van der Waals surface area contributed by atoms with Crippen LogP contribution in [0.25, 0.3) is 11.3 Å². The molecular weight excluding hydrogens is 361 g/mol. The number of hydrogen-bond acceptors (Lipinski definition) is 5. The molecule has 0 aliphatic heterocycles. The quantitative estimate of drug-likeness (QED) is 0.613. The Bertz CT molecular complexity index is 751. The van der Waals surface area contributed by atoms with Crippen LogP contribution in [0.2, 0.25) is 5.28 Å². The molecule has 2 rings (SSSR count). The molecule has 1 aromatic carbocycles. The highest BCUT2D eigenvalue weighted by molar-refractivity contribution is 6.28. The maximum Gasteiger partial charge on any atom is 0.573 e. The number of aromatic nitrogens is 2. The van der Waals surface area contributed by atoms with Crippen LogP contribution in [-0.4, -0.2) is 33.8 Å². The fourth-order valence-corrected chi connectivity index (χ4v) is 2.20. The number of aliphatic hydroxyl groups excluding tert-OH is 1. The fourth-order valence-electron chi connectivity index (χ4n) is 2.02. The third kappa shape index (κ3) is 5.68. The van der Waals surface area contributed by atoms with Crippen LogP contribution >= 0.6 is 11.6 Å². The summed E-state index contributed by atoms with van der Waals surface area (Å²) < 4.78 is 40.3. The van der Waals surface area contributed by atoms with E-state index in [4.69, 9.17) is 16.7 Å². The Kier molecular flexibility index (Phi) is 5.97. The summed E-state index contributed by atoms with van der Waals surface area (Å²) >= 11 is 5.84. The van der Waals surface area contributed by atoms with E-state index in [2.05, 4.69) is 14.7 Å². The number of ketones is 1. The number of carbonyl (C=O) groups is 1. The van der Waals surface area contributed by atoms with Crippen LogP contribution in [0.15, 0.2) is 30.3 Å². The number of alkyl halides is 3. The SMILES string of the molecule is C[C@H](CO)CC(=O)c1cc(-c2ccc(OC(F)(F)F)cc2)nc(Cl)n1. The van der Waals surface area contributed by atoms with E-state index in [1.165, 1.54) is 18.2 Å². The lowest BCUT2D eigenvalue weighted by Gasteiger charge is -2.10. The molecule has 0 saturated carbocycles. The van der Waals surface area contributed by atoms with E-state index in [0.29, 0.717) is 11.3 Å². The molecule has 1 atom stereocenters. The van der Waals surface area contributed by atoms with Crippen LogP contribution in [-0.2, 0) is 0 Å². The van der Waals surface area contributed by atoms with E-state index in [0.717, 1.165) is 12.1 Å². The second-order valence-electron chi connectivity index (χ2n) is 5.39. The van der Waals surface area contributed by atoms with E-state index >= 15 is 0 Å². The first-order valence-electron chi connectivity index (χ1n) is 7.23. The number of ether oxygens (including phenoxy) is 1. The molecule has 1 N–H and O–H groups in total. The molecule has 9 heteroatoms. The lowest BCUT2D eigenvalue weighted by molar-refractivity contribution is -0.274. The number of rotatable bonds is 6. The third-order valence-electron chi connectivity index (χ3n) is 3.21. The average molecular weight is 375 g/mol. The molecule has 25 heavy (non-hydrogen) atoms. The van der Waals surface area contributed by atoms with Crippen molar-refractivity contribution in [1.29, 1.82) is 0 Å². The summed E-state index contributed by atoms with van der Waals surface area (Å²) in [5, 5.41) is 8.86. The number of benzene rings is 1. The molecule has 0 saturated heterocycles. The van der Waals surface area contributed by atoms with Gasteiger partial charge < -0.3 is 9.84 Å². The molecule has 0 unspecified atom stereocenters. The number of Topliss-reactive ketones (excluding diaryl/α,β-unsaturated/α-hetero) is 1. The molecule has 0 aliphatic carbocycles. The summed E-state index contributed by atoms with van der Waals surface area (Å²) in [6, 6.07) is 6.40. The Morgan fingerprint density at radius 3 is 2.48 bits per heavy atom. The Hall–Kier alpha value is -2.19. The minimum Gasteiger partial charge on any atom is -0.406 e. The van der Waals surface area contributed by atoms with Crippen LogP contribution in [0.4, 0.5) is 13.2 Å². The number of nitrogens with zero attached hydrogens (tertiary/aromatic N) is 2. The Balaban J connectivity index is 2.26. The molecule has 0 bridgehead atoms. The lowest BCUT2D eigenvalue weighted by Crippen LogP contribution is -2.16. The highest BCUT2D eigenvalue weighted by Crippen LogP contribution is 2.26. The monoisotopic (exact) mass is 374 g/mol. The Morgan fingerprint density at radius 2 is 1.92 bits per heavy atom. The largest absolute Gasteiger partial charge is 0.573 e. The first-order valence-corrected chi connectivity index (χ1v) is 7.60. The molecule has 1 aromatic heterocycles. The van der Waals surface area contributed by atoms with Crippen LogP contribution in [0.3, 0.4) is 0 Å². The van der Waals surface area contributed by atoms with Crippen molar-refractivity contribution in [3.05, 3.63) is 41.3 Å². The predicted octanol–water partition coefficient (Wildman–Crippen LogP) is 3.90. The molecule has 0 fully saturated rings. The van der Waals surface area contributed by atoms with Crippen molar-refractivity contribution < 1.29 is 27.8 Å². The van der Waals surface area contributed by atoms with E-state index < -0.39 is 6.36 Å². The van der Waals surface area contributed by atoms with Gasteiger partial charge in [-0.25, -0.2) is 9.97 Å². The Morgan fingerprint density at radius 1 is 1.28 bits per heavy atom. The summed E-state index contributed by atoms with van der Waals surface area (Å²) in [4.78, 5) is 20.0. The first-order chi connectivity index (χ1) is 11.7. The normalized spacial score (nSPS) is 12.7. The van der Waals surface area contributed by atoms with Gasteiger partial charge in [0, 0.05) is 18.6 Å². The lowest BCUT2D eigenvalue weighted by atomic mass is 10.0. The van der Waals surface area contributed by atoms with Gasteiger partial charge in [0.2, 0.25) is 5.28 Å². The summed E-state index contributed by atoms with van der Waals surface area (Å²) in [5.74, 6) is -0.919. The summed E-state index contributed by atoms with van der Waals surface area (Å²) in [6.07, 6.45) is -4.69. The van der Waals surface area contributed by atoms with E-state index in [1.54, 1.807) is 6.92 Å². The highest BCUT2D eigenvalue weighted by Gasteiger charge is 2.31. The van der Waals surface area contributed by atoms with Crippen LogP contribution < -0.4 is 4.74 Å². The van der Waals surface area contributed by atoms with E-state index in [1.807, 2.05) is 0 Å². The van der Waals surface area contributed by atoms with Crippen molar-refractivity contribution in [2.75, 3.05) is 6.61 Å². The minimum atomic E-state index is -4.78. The van der Waals surface area contributed by atoms with Gasteiger partial charge in [-0.15, -0.1) is 13.2 Å². The Labute approximate surface area is 146 Å². The molecule has 0 radical (unpaired) electrons. The van der Waals surface area contributed by atoms with Crippen molar-refractivity contribution in [2.45, 2.75) is 19.7 Å². The van der Waals surface area contributed by atoms with Crippen LogP contribution in [0.5, 0.6) is 5.75 Å². The van der Waals surface area contributed by atoms with Crippen LogP contribution in [0.1, 0.15) is 23.8 Å². The zero-order valence-electron chi connectivity index (χ0n) is 13.0. The van der Waals surface area contributed by atoms with Crippen molar-refractivity contribution in [3.63, 3.8) is 0 Å². The van der Waals surface area contributed by atoms with Gasteiger partial charge in [-0.05, 0) is 47.9 Å². The summed E-state index contributed by atoms with van der Waals surface area (Å²) in [6.45, 7) is 1.57. The number of aliphatic hydroxyl groups is 1. The molecule has 134 valence electrons. The summed E-state index contributed by atoms with van der Waals surface area (Å²) in [7, 11) is 0. The molecule has 0 spiro atoms. The topological polar surface area (TPSA) is 72.3 Å². The fraction of sp³-hybridized carbons (Fsp3) is 0.312. The smallest absolute Gasteiger partial charge is 0.406 e. The third-order valence-corrected chi connectivity index (χ3v) is 3.38. The van der Waals surface area contributed by atoms with Gasteiger partial charge in [0.25, 0.3) is 0 Å². The van der Waals surface area contributed by atoms with Gasteiger partial charge in [0.1, 0.15) is 11.4 Å². The zero-order chi connectivity index (χ0) is 18.6. The van der Waals surface area contributed by atoms with Gasteiger partial charge in [-0.2, -0.15) is 0 Å². The molecular formula is C16H14ClF3N2O3.